The molecule has 1 saturated heterocycles. The maximum atomic E-state index is 12.4. The summed E-state index contributed by atoms with van der Waals surface area (Å²) in [6, 6.07) is 7.98. The number of hydrogen-bond acceptors (Lipinski definition) is 2. The van der Waals surface area contributed by atoms with Crippen molar-refractivity contribution < 1.29 is 9.59 Å². The summed E-state index contributed by atoms with van der Waals surface area (Å²) in [6.07, 6.45) is 3.80. The summed E-state index contributed by atoms with van der Waals surface area (Å²) in [4.78, 5) is 28.2. The van der Waals surface area contributed by atoms with Crippen LogP contribution in [0.25, 0.3) is 0 Å². The fourth-order valence-corrected chi connectivity index (χ4v) is 3.18. The van der Waals surface area contributed by atoms with Crippen molar-refractivity contribution in [2.75, 3.05) is 24.5 Å². The van der Waals surface area contributed by atoms with Gasteiger partial charge < -0.3 is 9.80 Å². The summed E-state index contributed by atoms with van der Waals surface area (Å²) in [5.41, 5.74) is 2.08. The van der Waals surface area contributed by atoms with E-state index in [4.69, 9.17) is 0 Å². The van der Waals surface area contributed by atoms with Crippen molar-refractivity contribution in [2.24, 2.45) is 0 Å². The lowest BCUT2D eigenvalue weighted by Crippen LogP contribution is -2.39. The molecule has 0 aliphatic carbocycles. The molecule has 0 N–H and O–H groups in total. The second kappa shape index (κ2) is 8.14. The van der Waals surface area contributed by atoms with Crippen LogP contribution < -0.4 is 4.90 Å². The molecule has 1 aliphatic heterocycles. The summed E-state index contributed by atoms with van der Waals surface area (Å²) in [6.45, 7) is 7.99. The van der Waals surface area contributed by atoms with Crippen molar-refractivity contribution in [3.8, 4) is 0 Å². The summed E-state index contributed by atoms with van der Waals surface area (Å²) >= 11 is 0. The van der Waals surface area contributed by atoms with Crippen LogP contribution in [-0.2, 0) is 9.59 Å². The second-order valence-electron chi connectivity index (χ2n) is 6.58. The summed E-state index contributed by atoms with van der Waals surface area (Å²) < 4.78 is 0. The van der Waals surface area contributed by atoms with Gasteiger partial charge in [-0.25, -0.2) is 0 Å². The van der Waals surface area contributed by atoms with Gasteiger partial charge in [0.15, 0.2) is 0 Å². The van der Waals surface area contributed by atoms with Gasteiger partial charge in [-0.3, -0.25) is 9.59 Å². The van der Waals surface area contributed by atoms with Crippen molar-refractivity contribution in [1.29, 1.82) is 0 Å². The van der Waals surface area contributed by atoms with Crippen LogP contribution in [0.1, 0.15) is 57.9 Å². The van der Waals surface area contributed by atoms with Gasteiger partial charge in [0.25, 0.3) is 0 Å². The zero-order valence-electron chi connectivity index (χ0n) is 14.5. The fourth-order valence-electron chi connectivity index (χ4n) is 3.18. The Morgan fingerprint density at radius 2 is 1.78 bits per heavy atom. The van der Waals surface area contributed by atoms with E-state index in [1.165, 1.54) is 6.42 Å². The van der Waals surface area contributed by atoms with Crippen molar-refractivity contribution in [2.45, 2.75) is 52.4 Å². The lowest BCUT2D eigenvalue weighted by molar-refractivity contribution is -0.131. The molecule has 0 saturated carbocycles. The second-order valence-corrected chi connectivity index (χ2v) is 6.58. The van der Waals surface area contributed by atoms with Gasteiger partial charge in [-0.05, 0) is 36.8 Å². The lowest BCUT2D eigenvalue weighted by atomic mass is 10.00. The van der Waals surface area contributed by atoms with Gasteiger partial charge in [0, 0.05) is 38.7 Å². The number of hydrogen-bond donors (Lipinski definition) is 0. The highest BCUT2D eigenvalue weighted by atomic mass is 16.2. The Bertz CT molecular complexity index is 548. The monoisotopic (exact) mass is 316 g/mol. The number of rotatable bonds is 5. The lowest BCUT2D eigenvalue weighted by Gasteiger charge is -2.29. The van der Waals surface area contributed by atoms with Crippen molar-refractivity contribution in [3.63, 3.8) is 0 Å². The Kier molecular flexibility index (Phi) is 6.20. The number of benzene rings is 1. The van der Waals surface area contributed by atoms with Gasteiger partial charge in [0.2, 0.25) is 11.8 Å². The molecule has 2 amide bonds. The first-order chi connectivity index (χ1) is 11.0. The first-order valence-corrected chi connectivity index (χ1v) is 8.65. The van der Waals surface area contributed by atoms with Crippen LogP contribution in [0.3, 0.4) is 0 Å². The highest BCUT2D eigenvalue weighted by Crippen LogP contribution is 2.27. The molecule has 2 rings (SSSR count). The molecule has 0 bridgehead atoms. The molecule has 0 atom stereocenters. The molecule has 126 valence electrons. The van der Waals surface area contributed by atoms with Gasteiger partial charge in [0.1, 0.15) is 0 Å². The Balaban J connectivity index is 2.07. The van der Waals surface area contributed by atoms with Crippen LogP contribution in [-0.4, -0.2) is 36.3 Å². The van der Waals surface area contributed by atoms with Gasteiger partial charge >= 0.3 is 0 Å². The number of carbonyl (C=O) groups is 2. The van der Waals surface area contributed by atoms with E-state index in [1.807, 2.05) is 23.1 Å². The molecule has 1 fully saturated rings. The number of anilines is 1. The maximum absolute atomic E-state index is 12.4. The molecule has 1 aromatic carbocycles. The van der Waals surface area contributed by atoms with E-state index < -0.39 is 0 Å². The van der Waals surface area contributed by atoms with E-state index in [2.05, 4.69) is 19.9 Å². The molecule has 1 heterocycles. The average molecular weight is 316 g/mol. The van der Waals surface area contributed by atoms with E-state index >= 15 is 0 Å². The Labute approximate surface area is 139 Å². The number of likely N-dealkylation sites (tertiary alicyclic amines) is 1. The predicted molar refractivity (Wildman–Crippen MR) is 93.6 cm³/mol. The molecule has 0 spiro atoms. The third-order valence-corrected chi connectivity index (χ3v) is 4.49. The SMILES string of the molecule is CC(=O)N(CCC(=O)N1CCCCC1)c1ccccc1C(C)C. The van der Waals surface area contributed by atoms with Crippen LogP contribution in [0, 0.1) is 0 Å². The van der Waals surface area contributed by atoms with Gasteiger partial charge in [-0.2, -0.15) is 0 Å². The van der Waals surface area contributed by atoms with E-state index in [-0.39, 0.29) is 11.8 Å². The number of nitrogens with zero attached hydrogens (tertiary/aromatic N) is 2. The smallest absolute Gasteiger partial charge is 0.224 e. The maximum Gasteiger partial charge on any atom is 0.224 e. The van der Waals surface area contributed by atoms with Crippen LogP contribution in [0.4, 0.5) is 5.69 Å². The van der Waals surface area contributed by atoms with Crippen molar-refractivity contribution in [3.05, 3.63) is 29.8 Å². The molecular weight excluding hydrogens is 288 g/mol. The quantitative estimate of drug-likeness (QED) is 0.833. The Morgan fingerprint density at radius 1 is 1.13 bits per heavy atom. The minimum absolute atomic E-state index is 0.00968. The third kappa shape index (κ3) is 4.57. The summed E-state index contributed by atoms with van der Waals surface area (Å²) in [5.74, 6) is 0.494. The standard InChI is InChI=1S/C19H28N2O2/c1-15(2)17-9-5-6-10-18(17)21(16(3)22)14-11-19(23)20-12-7-4-8-13-20/h5-6,9-10,15H,4,7-8,11-14H2,1-3H3. The Hall–Kier alpha value is -1.84. The minimum Gasteiger partial charge on any atom is -0.343 e. The van der Waals surface area contributed by atoms with E-state index in [9.17, 15) is 9.59 Å². The minimum atomic E-state index is -0.00968. The molecule has 0 aromatic heterocycles. The molecule has 1 aliphatic rings. The molecule has 4 heteroatoms. The largest absolute Gasteiger partial charge is 0.343 e. The van der Waals surface area contributed by atoms with E-state index in [0.717, 1.165) is 37.2 Å². The number of carbonyl (C=O) groups excluding carboxylic acids is 2. The number of para-hydroxylation sites is 1. The average Bonchev–Trinajstić information content (AvgIpc) is 2.55. The van der Waals surface area contributed by atoms with Crippen molar-refractivity contribution >= 4 is 17.5 Å². The predicted octanol–water partition coefficient (Wildman–Crippen LogP) is 3.57. The topological polar surface area (TPSA) is 40.6 Å². The van der Waals surface area contributed by atoms with Crippen molar-refractivity contribution in [1.82, 2.24) is 4.90 Å². The van der Waals surface area contributed by atoms with Crippen LogP contribution in [0.5, 0.6) is 0 Å². The molecule has 1 aromatic rings. The number of amides is 2. The fraction of sp³-hybridized carbons (Fsp3) is 0.579. The molecule has 4 nitrogen and oxygen atoms in total. The normalized spacial score (nSPS) is 14.9. The summed E-state index contributed by atoms with van der Waals surface area (Å²) in [5, 5.41) is 0. The first kappa shape index (κ1) is 17.5. The zero-order chi connectivity index (χ0) is 16.8. The zero-order valence-corrected chi connectivity index (χ0v) is 14.5. The molecule has 0 radical (unpaired) electrons. The van der Waals surface area contributed by atoms with Crippen LogP contribution in [0.2, 0.25) is 0 Å². The summed E-state index contributed by atoms with van der Waals surface area (Å²) in [7, 11) is 0. The highest BCUT2D eigenvalue weighted by molar-refractivity contribution is 5.93. The van der Waals surface area contributed by atoms with Crippen LogP contribution in [0.15, 0.2) is 24.3 Å². The van der Waals surface area contributed by atoms with E-state index in [1.54, 1.807) is 11.8 Å². The van der Waals surface area contributed by atoms with Gasteiger partial charge in [0.05, 0.1) is 0 Å². The van der Waals surface area contributed by atoms with Gasteiger partial charge in [-0.1, -0.05) is 32.0 Å². The molecular formula is C19H28N2O2. The third-order valence-electron chi connectivity index (χ3n) is 4.49. The molecule has 0 unspecified atom stereocenters. The number of piperidine rings is 1. The molecule has 23 heavy (non-hydrogen) atoms. The Morgan fingerprint density at radius 3 is 2.39 bits per heavy atom. The van der Waals surface area contributed by atoms with Gasteiger partial charge in [-0.15, -0.1) is 0 Å². The first-order valence-electron chi connectivity index (χ1n) is 8.65. The van der Waals surface area contributed by atoms with Crippen LogP contribution >= 0.6 is 0 Å². The highest BCUT2D eigenvalue weighted by Gasteiger charge is 2.21. The van der Waals surface area contributed by atoms with E-state index in [0.29, 0.717) is 18.9 Å².